The van der Waals surface area contributed by atoms with E-state index < -0.39 is 12.3 Å². The molecule has 6 nitrogen and oxygen atoms in total. The third-order valence-corrected chi connectivity index (χ3v) is 30.1. The van der Waals surface area contributed by atoms with Crippen LogP contribution in [0.2, 0.25) is 0 Å². The minimum absolute atomic E-state index is 0.0562. The zero-order chi connectivity index (χ0) is 92.3. The van der Waals surface area contributed by atoms with Crippen molar-refractivity contribution < 1.29 is 4.11 Å². The molecule has 0 radical (unpaired) electrons. The van der Waals surface area contributed by atoms with Crippen LogP contribution >= 0.6 is 0 Å². The molecule has 0 fully saturated rings. The van der Waals surface area contributed by atoms with E-state index in [2.05, 4.69) is 474 Å². The lowest BCUT2D eigenvalue weighted by Gasteiger charge is -2.22. The molecule has 1 atom stereocenters. The molecule has 0 bridgehead atoms. The second-order valence-electron chi connectivity index (χ2n) is 38.0. The number of aromatic nitrogens is 6. The first-order chi connectivity index (χ1) is 67.6. The fourth-order valence-corrected chi connectivity index (χ4v) is 23.9. The summed E-state index contributed by atoms with van der Waals surface area (Å²) in [6, 6.07) is 162. The van der Waals surface area contributed by atoms with E-state index in [1.807, 2.05) is 37.3 Å². The normalized spacial score (nSPS) is 14.7. The maximum absolute atomic E-state index is 8.73. The minimum atomic E-state index is -2.23. The molecule has 26 aromatic rings. The van der Waals surface area contributed by atoms with Crippen molar-refractivity contribution in [3.05, 3.63) is 482 Å². The summed E-state index contributed by atoms with van der Waals surface area (Å²) in [5.74, 6) is 0. The Hall–Kier alpha value is -16.8. The highest BCUT2D eigenvalue weighted by Gasteiger charge is 2.40. The zero-order valence-corrected chi connectivity index (χ0v) is 75.4. The molecule has 6 aromatic heterocycles. The Labute approximate surface area is 786 Å². The second kappa shape index (κ2) is 29.6. The van der Waals surface area contributed by atoms with Gasteiger partial charge in [-0.1, -0.05) is 363 Å². The van der Waals surface area contributed by atoms with Crippen LogP contribution in [0.1, 0.15) is 79.0 Å². The summed E-state index contributed by atoms with van der Waals surface area (Å²) in [6.45, 7) is 9.10. The molecule has 20 aromatic carbocycles. The Kier molecular flexibility index (Phi) is 16.4. The van der Waals surface area contributed by atoms with Crippen LogP contribution in [0.4, 0.5) is 0 Å². The van der Waals surface area contributed by atoms with E-state index >= 15 is 0 Å². The predicted octanol–water partition coefficient (Wildman–Crippen LogP) is 33.9. The minimum Gasteiger partial charge on any atom is -0.309 e. The largest absolute Gasteiger partial charge is 0.309 e. The number of nitrogens with zero attached hydrogens (tertiary/aromatic N) is 6. The van der Waals surface area contributed by atoms with Gasteiger partial charge in [-0.05, 0) is 216 Å². The number of benzene rings is 20. The average Bonchev–Trinajstić information content (AvgIpc) is 1.55. The molecule has 3 aliphatic carbocycles. The Morgan fingerprint density at radius 3 is 0.756 bits per heavy atom. The fraction of sp³-hybridized carbons (Fsp3) is 0.0698. The van der Waals surface area contributed by atoms with Gasteiger partial charge in [0.05, 0.1) is 66.2 Å². The Morgan fingerprint density at radius 1 is 0.163 bits per heavy atom. The van der Waals surface area contributed by atoms with E-state index in [4.69, 9.17) is 4.11 Å². The van der Waals surface area contributed by atoms with Crippen molar-refractivity contribution in [1.29, 1.82) is 0 Å². The summed E-state index contributed by atoms with van der Waals surface area (Å²) in [6.07, 6.45) is 0. The Balaban J connectivity index is 0.000000105. The van der Waals surface area contributed by atoms with Gasteiger partial charge in [0.15, 0.2) is 0 Å². The van der Waals surface area contributed by atoms with Crippen molar-refractivity contribution >= 4 is 131 Å². The molecular formula is C129H92N6. The summed E-state index contributed by atoms with van der Waals surface area (Å²) in [7, 11) is 0. The van der Waals surface area contributed by atoms with Crippen LogP contribution in [0.3, 0.4) is 0 Å². The number of para-hydroxylation sites is 7. The van der Waals surface area contributed by atoms with Gasteiger partial charge >= 0.3 is 0 Å². The monoisotopic (exact) mass is 1730 g/mol. The first-order valence-corrected chi connectivity index (χ1v) is 47.0. The highest BCUT2D eigenvalue weighted by molar-refractivity contribution is 6.29. The van der Waals surface area contributed by atoms with E-state index in [-0.39, 0.29) is 10.8 Å². The van der Waals surface area contributed by atoms with Crippen LogP contribution in [-0.2, 0) is 16.2 Å². The van der Waals surface area contributed by atoms with Crippen molar-refractivity contribution in [2.75, 3.05) is 0 Å². The summed E-state index contributed by atoms with van der Waals surface area (Å²) in [5, 5.41) is 15.0. The first-order valence-electron chi connectivity index (χ1n) is 48.5. The molecule has 0 saturated carbocycles. The van der Waals surface area contributed by atoms with Crippen LogP contribution < -0.4 is 0 Å². The highest BCUT2D eigenvalue weighted by atomic mass is 15.0. The van der Waals surface area contributed by atoms with Gasteiger partial charge < -0.3 is 27.4 Å². The van der Waals surface area contributed by atoms with E-state index in [9.17, 15) is 0 Å². The number of fused-ring (bicyclic) bond motifs is 30. The van der Waals surface area contributed by atoms with E-state index in [0.29, 0.717) is 0 Å². The molecule has 135 heavy (non-hydrogen) atoms. The molecule has 6 heterocycles. The molecule has 0 amide bonds. The first kappa shape index (κ1) is 74.9. The molecule has 3 aliphatic rings. The van der Waals surface area contributed by atoms with Crippen LogP contribution in [0.15, 0.2) is 449 Å². The molecule has 1 unspecified atom stereocenters. The van der Waals surface area contributed by atoms with Crippen LogP contribution in [0, 0.1) is 0 Å². The topological polar surface area (TPSA) is 29.6 Å². The SMILES string of the molecule is CC1(C)c2ccccc2-c2ccc(-n3c4ccccc4c4ccc5c(c6ccccc6n5-c5ccc(-c6ccccc6)cc5)c43)cc21.CC1(C)c2ccccc2-c2ccc(-n3c4ccccc4c4ccc5c(c6ccccc6n5-c5ccccc5)c43)cc21.[2H]C([2H])([2H])C1(C)c2ccccc2-c2ccc(-n3c4ccccc4c4c3ccc3c5ccccc5n(-c5ccc(-c6ccccc6)cc5)c34)cc21. The molecule has 0 spiro atoms. The zero-order valence-electron chi connectivity index (χ0n) is 78.4. The van der Waals surface area contributed by atoms with Gasteiger partial charge in [-0.3, -0.25) is 0 Å². The van der Waals surface area contributed by atoms with E-state index in [1.54, 1.807) is 0 Å². The van der Waals surface area contributed by atoms with Crippen molar-refractivity contribution in [2.24, 2.45) is 0 Å². The lowest BCUT2D eigenvalue weighted by molar-refractivity contribution is 0.660. The molecule has 6 heteroatoms. The summed E-state index contributed by atoms with van der Waals surface area (Å²) < 4.78 is 40.8. The maximum atomic E-state index is 8.73. The molecule has 638 valence electrons. The van der Waals surface area contributed by atoms with Gasteiger partial charge in [0, 0.05) is 119 Å². The van der Waals surface area contributed by atoms with Gasteiger partial charge in [0.25, 0.3) is 0 Å². The molecular weight excluding hydrogens is 1630 g/mol. The Morgan fingerprint density at radius 2 is 0.400 bits per heavy atom. The van der Waals surface area contributed by atoms with Gasteiger partial charge in [0.1, 0.15) is 0 Å². The second-order valence-corrected chi connectivity index (χ2v) is 38.0. The van der Waals surface area contributed by atoms with Crippen molar-refractivity contribution in [3.63, 3.8) is 0 Å². The van der Waals surface area contributed by atoms with Gasteiger partial charge in [-0.15, -0.1) is 0 Å². The number of hydrogen-bond donors (Lipinski definition) is 0. The summed E-state index contributed by atoms with van der Waals surface area (Å²) in [5.41, 5.74) is 39.4. The smallest absolute Gasteiger partial charge is 0.0641 e. The quantitative estimate of drug-likeness (QED) is 0.145. The Bertz CT molecular complexity index is 9570. The number of hydrogen-bond acceptors (Lipinski definition) is 0. The molecule has 0 N–H and O–H groups in total. The fourth-order valence-electron chi connectivity index (χ4n) is 23.9. The average molecular weight is 1730 g/mol. The van der Waals surface area contributed by atoms with Crippen molar-refractivity contribution in [1.82, 2.24) is 27.4 Å². The lowest BCUT2D eigenvalue weighted by Crippen LogP contribution is -2.15. The van der Waals surface area contributed by atoms with Gasteiger partial charge in [-0.25, -0.2) is 0 Å². The van der Waals surface area contributed by atoms with E-state index in [0.717, 1.165) is 66.8 Å². The van der Waals surface area contributed by atoms with E-state index in [1.165, 1.54) is 187 Å². The van der Waals surface area contributed by atoms with Crippen LogP contribution in [0.5, 0.6) is 0 Å². The molecule has 0 aliphatic heterocycles. The van der Waals surface area contributed by atoms with Crippen molar-refractivity contribution in [2.45, 2.75) is 57.7 Å². The standard InChI is InChI=1S/2C45H32N2.C39H28N2/c1-45(2)38-17-9-6-14-33(38)34-25-24-32(28-39(34)45)46-41-19-11-8-16-37(41)43-42(46)27-26-36-35-15-7-10-18-40(35)47(44(36)43)31-22-20-30(21-23-31)29-12-4-3-5-13-29;1-45(2)38-17-9-6-14-33(38)34-25-24-32(28-39(34)45)47-40-18-10-7-15-35(40)36-26-27-42-43(44(36)47)37-16-8-11-19-41(37)46(42)31-22-20-30(21-23-31)29-12-4-3-5-13-29;1-39(2)32-17-9-6-14-27(32)28-21-20-26(24-33(28)39)41-34-18-10-7-15-29(34)30-22-23-36-37(38(30)41)31-16-8-11-19-35(31)40(36)25-12-4-3-5-13-25/h2*3-28H,1-2H3;3-24H,1-2H3/i1D3;;. The van der Waals surface area contributed by atoms with Crippen LogP contribution in [-0.4, -0.2) is 27.4 Å². The number of rotatable bonds is 8. The third-order valence-electron chi connectivity index (χ3n) is 30.1. The van der Waals surface area contributed by atoms with Gasteiger partial charge in [-0.2, -0.15) is 0 Å². The van der Waals surface area contributed by atoms with Crippen molar-refractivity contribution in [3.8, 4) is 89.8 Å². The summed E-state index contributed by atoms with van der Waals surface area (Å²) in [4.78, 5) is 0. The lowest BCUT2D eigenvalue weighted by atomic mass is 9.82. The summed E-state index contributed by atoms with van der Waals surface area (Å²) >= 11 is 0. The molecule has 29 rings (SSSR count). The predicted molar refractivity (Wildman–Crippen MR) is 569 cm³/mol. The van der Waals surface area contributed by atoms with Crippen LogP contribution in [0.25, 0.3) is 221 Å². The van der Waals surface area contributed by atoms with Gasteiger partial charge in [0.2, 0.25) is 0 Å². The highest BCUT2D eigenvalue weighted by Crippen LogP contribution is 2.55. The maximum Gasteiger partial charge on any atom is 0.0641 e. The molecule has 0 saturated heterocycles. The third kappa shape index (κ3) is 11.5.